The molecule has 2 amide bonds. The first-order valence-electron chi connectivity index (χ1n) is 10.9. The summed E-state index contributed by atoms with van der Waals surface area (Å²) < 4.78 is 10.6. The molecule has 0 bridgehead atoms. The Morgan fingerprint density at radius 3 is 2.16 bits per heavy atom. The van der Waals surface area contributed by atoms with Crippen molar-refractivity contribution >= 4 is 17.5 Å². The van der Waals surface area contributed by atoms with Gasteiger partial charge in [-0.05, 0) is 60.7 Å². The molecule has 2 saturated heterocycles. The second kappa shape index (κ2) is 9.00. The molecule has 4 rings (SSSR count). The van der Waals surface area contributed by atoms with Crippen molar-refractivity contribution in [3.8, 4) is 11.5 Å². The van der Waals surface area contributed by atoms with Crippen LogP contribution in [0.5, 0.6) is 11.5 Å². The first-order chi connectivity index (χ1) is 15.0. The van der Waals surface area contributed by atoms with Crippen LogP contribution in [0.15, 0.2) is 48.5 Å². The van der Waals surface area contributed by atoms with E-state index in [2.05, 4.69) is 6.92 Å². The Morgan fingerprint density at radius 1 is 0.968 bits per heavy atom. The molecular weight excluding hydrogens is 392 g/mol. The molecule has 0 unspecified atom stereocenters. The fourth-order valence-electron chi connectivity index (χ4n) is 4.81. The predicted molar refractivity (Wildman–Crippen MR) is 119 cm³/mol. The normalized spacial score (nSPS) is 23.7. The van der Waals surface area contributed by atoms with Gasteiger partial charge in [0, 0.05) is 25.2 Å². The number of amides is 2. The van der Waals surface area contributed by atoms with Crippen molar-refractivity contribution in [3.05, 3.63) is 54.1 Å². The van der Waals surface area contributed by atoms with Gasteiger partial charge in [0.2, 0.25) is 11.8 Å². The molecule has 2 aliphatic rings. The van der Waals surface area contributed by atoms with E-state index in [0.717, 1.165) is 48.7 Å². The minimum atomic E-state index is -0.409. The lowest BCUT2D eigenvalue weighted by molar-refractivity contribution is -0.138. The number of anilines is 1. The third kappa shape index (κ3) is 4.24. The molecule has 2 aromatic rings. The van der Waals surface area contributed by atoms with Gasteiger partial charge in [-0.2, -0.15) is 0 Å². The van der Waals surface area contributed by atoms with E-state index in [1.54, 1.807) is 19.1 Å². The average Bonchev–Trinajstić information content (AvgIpc) is 3.15. The Labute approximate surface area is 183 Å². The summed E-state index contributed by atoms with van der Waals surface area (Å²) in [5.41, 5.74) is 1.71. The zero-order valence-corrected chi connectivity index (χ0v) is 18.4. The minimum absolute atomic E-state index is 0.0330. The molecule has 0 saturated carbocycles. The summed E-state index contributed by atoms with van der Waals surface area (Å²) in [6.45, 7) is 3.72. The van der Waals surface area contributed by atoms with Gasteiger partial charge >= 0.3 is 0 Å². The molecule has 6 nitrogen and oxygen atoms in total. The number of likely N-dealkylation sites (tertiary alicyclic amines) is 1. The number of piperidine rings is 1. The fraction of sp³-hybridized carbons (Fsp3) is 0.440. The first kappa shape index (κ1) is 21.2. The van der Waals surface area contributed by atoms with Gasteiger partial charge in [-0.1, -0.05) is 19.1 Å². The van der Waals surface area contributed by atoms with Crippen molar-refractivity contribution < 1.29 is 19.1 Å². The lowest BCUT2D eigenvalue weighted by Gasteiger charge is -2.35. The van der Waals surface area contributed by atoms with Gasteiger partial charge in [-0.3, -0.25) is 9.59 Å². The van der Waals surface area contributed by atoms with Gasteiger partial charge in [-0.15, -0.1) is 0 Å². The van der Waals surface area contributed by atoms with Crippen LogP contribution in [0.2, 0.25) is 0 Å². The Morgan fingerprint density at radius 2 is 1.58 bits per heavy atom. The molecule has 2 aliphatic heterocycles. The zero-order valence-electron chi connectivity index (χ0n) is 18.4. The molecule has 0 aliphatic carbocycles. The molecule has 0 radical (unpaired) electrons. The Bertz CT molecular complexity index is 926. The van der Waals surface area contributed by atoms with E-state index in [1.807, 2.05) is 53.4 Å². The number of ether oxygens (including phenoxy) is 2. The van der Waals surface area contributed by atoms with Crippen molar-refractivity contribution in [2.24, 2.45) is 11.8 Å². The summed E-state index contributed by atoms with van der Waals surface area (Å²) in [6, 6.07) is 14.8. The average molecular weight is 423 g/mol. The van der Waals surface area contributed by atoms with Crippen LogP contribution in [0.4, 0.5) is 5.69 Å². The topological polar surface area (TPSA) is 59.1 Å². The molecule has 3 atom stereocenters. The maximum absolute atomic E-state index is 13.6. The van der Waals surface area contributed by atoms with Crippen LogP contribution >= 0.6 is 0 Å². The van der Waals surface area contributed by atoms with Crippen molar-refractivity contribution in [2.75, 3.05) is 32.2 Å². The number of methoxy groups -OCH3 is 2. The quantitative estimate of drug-likeness (QED) is 0.729. The standard InChI is InChI=1S/C25H30N2O4/c1-17-5-4-14-26(16-17)25(29)22-15-23(28)27(19-8-12-21(31-3)13-9-19)24(22)18-6-10-20(30-2)11-7-18/h6-13,17,22,24H,4-5,14-16H2,1-3H3/t17-,22+,24+/m0/s1. The van der Waals surface area contributed by atoms with Crippen molar-refractivity contribution in [1.29, 1.82) is 0 Å². The number of carbonyl (C=O) groups is 2. The Hall–Kier alpha value is -3.02. The lowest BCUT2D eigenvalue weighted by atomic mass is 9.90. The molecule has 164 valence electrons. The highest BCUT2D eigenvalue weighted by atomic mass is 16.5. The van der Waals surface area contributed by atoms with Gasteiger partial charge in [0.25, 0.3) is 0 Å². The highest BCUT2D eigenvalue weighted by molar-refractivity contribution is 6.01. The van der Waals surface area contributed by atoms with E-state index in [1.165, 1.54) is 0 Å². The molecule has 2 fully saturated rings. The Kier molecular flexibility index (Phi) is 6.16. The third-order valence-electron chi connectivity index (χ3n) is 6.42. The lowest BCUT2D eigenvalue weighted by Crippen LogP contribution is -2.44. The highest BCUT2D eigenvalue weighted by Gasteiger charge is 2.46. The van der Waals surface area contributed by atoms with E-state index < -0.39 is 5.92 Å². The van der Waals surface area contributed by atoms with Crippen molar-refractivity contribution in [2.45, 2.75) is 32.2 Å². The summed E-state index contributed by atoms with van der Waals surface area (Å²) in [7, 11) is 3.24. The summed E-state index contributed by atoms with van der Waals surface area (Å²) in [5, 5.41) is 0. The van der Waals surface area contributed by atoms with Gasteiger partial charge in [0.05, 0.1) is 26.2 Å². The Balaban J connectivity index is 1.70. The first-order valence-corrected chi connectivity index (χ1v) is 10.9. The summed E-state index contributed by atoms with van der Waals surface area (Å²) >= 11 is 0. The maximum Gasteiger partial charge on any atom is 0.228 e. The van der Waals surface area contributed by atoms with E-state index in [0.29, 0.717) is 5.92 Å². The second-order valence-corrected chi connectivity index (χ2v) is 8.52. The molecule has 31 heavy (non-hydrogen) atoms. The summed E-state index contributed by atoms with van der Waals surface area (Å²) in [6.07, 6.45) is 2.38. The smallest absolute Gasteiger partial charge is 0.228 e. The number of hydrogen-bond acceptors (Lipinski definition) is 4. The molecule has 6 heteroatoms. The number of hydrogen-bond donors (Lipinski definition) is 0. The van der Waals surface area contributed by atoms with Gasteiger partial charge in [0.1, 0.15) is 11.5 Å². The van der Waals surface area contributed by atoms with E-state index in [4.69, 9.17) is 9.47 Å². The zero-order chi connectivity index (χ0) is 22.0. The molecule has 0 aromatic heterocycles. The van der Waals surface area contributed by atoms with Crippen LogP contribution in [-0.2, 0) is 9.59 Å². The van der Waals surface area contributed by atoms with E-state index in [-0.39, 0.29) is 24.3 Å². The van der Waals surface area contributed by atoms with Crippen LogP contribution in [-0.4, -0.2) is 44.0 Å². The number of nitrogens with zero attached hydrogens (tertiary/aromatic N) is 2. The van der Waals surface area contributed by atoms with Crippen LogP contribution in [0.3, 0.4) is 0 Å². The van der Waals surface area contributed by atoms with Gasteiger partial charge < -0.3 is 19.3 Å². The highest BCUT2D eigenvalue weighted by Crippen LogP contribution is 2.43. The van der Waals surface area contributed by atoms with Crippen LogP contribution in [0.1, 0.15) is 37.8 Å². The van der Waals surface area contributed by atoms with Crippen LogP contribution in [0.25, 0.3) is 0 Å². The predicted octanol–water partition coefficient (Wildman–Crippen LogP) is 4.06. The van der Waals surface area contributed by atoms with E-state index >= 15 is 0 Å². The van der Waals surface area contributed by atoms with Gasteiger partial charge in [-0.25, -0.2) is 0 Å². The number of carbonyl (C=O) groups excluding carboxylic acids is 2. The summed E-state index contributed by atoms with van der Waals surface area (Å²) in [4.78, 5) is 30.5. The maximum atomic E-state index is 13.6. The number of rotatable bonds is 5. The second-order valence-electron chi connectivity index (χ2n) is 8.52. The van der Waals surface area contributed by atoms with Gasteiger partial charge in [0.15, 0.2) is 0 Å². The number of benzene rings is 2. The van der Waals surface area contributed by atoms with Crippen molar-refractivity contribution in [1.82, 2.24) is 4.90 Å². The summed E-state index contributed by atoms with van der Waals surface area (Å²) in [5.74, 6) is 1.61. The monoisotopic (exact) mass is 422 g/mol. The van der Waals surface area contributed by atoms with Crippen LogP contribution < -0.4 is 14.4 Å². The van der Waals surface area contributed by atoms with Crippen molar-refractivity contribution in [3.63, 3.8) is 0 Å². The largest absolute Gasteiger partial charge is 0.497 e. The molecule has 2 aromatic carbocycles. The molecular formula is C25H30N2O4. The third-order valence-corrected chi connectivity index (χ3v) is 6.42. The van der Waals surface area contributed by atoms with E-state index in [9.17, 15) is 9.59 Å². The van der Waals surface area contributed by atoms with Crippen LogP contribution in [0, 0.1) is 11.8 Å². The molecule has 0 N–H and O–H groups in total. The SMILES string of the molecule is COc1ccc([C@@H]2[C@H](C(=O)N3CCC[C@H](C)C3)CC(=O)N2c2ccc(OC)cc2)cc1. The molecule has 2 heterocycles. The minimum Gasteiger partial charge on any atom is -0.497 e. The fourth-order valence-corrected chi connectivity index (χ4v) is 4.81. The molecule has 0 spiro atoms.